The fourth-order valence-electron chi connectivity index (χ4n) is 3.23. The highest BCUT2D eigenvalue weighted by atomic mass is 35.5. The highest BCUT2D eigenvalue weighted by Crippen LogP contribution is 2.23. The van der Waals surface area contributed by atoms with Gasteiger partial charge in [-0.25, -0.2) is 13.1 Å². The van der Waals surface area contributed by atoms with Gasteiger partial charge in [-0.1, -0.05) is 72.3 Å². The average molecular weight is 473 g/mol. The Balaban J connectivity index is 1.86. The van der Waals surface area contributed by atoms with Crippen molar-refractivity contribution in [2.75, 3.05) is 20.3 Å². The molecule has 0 spiro atoms. The first kappa shape index (κ1) is 23.9. The lowest BCUT2D eigenvalue weighted by Gasteiger charge is -2.20. The second-order valence-electron chi connectivity index (χ2n) is 7.16. The normalized spacial score (nSPS) is 12.3. The molecule has 0 radical (unpaired) electrons. The number of ether oxygens (including phenoxy) is 1. The van der Waals surface area contributed by atoms with Crippen LogP contribution >= 0.6 is 11.6 Å². The smallest absolute Gasteiger partial charge is 0.253 e. The molecule has 0 aliphatic carbocycles. The predicted molar refractivity (Wildman–Crippen MR) is 125 cm³/mol. The van der Waals surface area contributed by atoms with Crippen molar-refractivity contribution >= 4 is 27.5 Å². The third-order valence-electron chi connectivity index (χ3n) is 4.88. The summed E-state index contributed by atoms with van der Waals surface area (Å²) in [5.41, 5.74) is 2.09. The Labute approximate surface area is 193 Å². The van der Waals surface area contributed by atoms with Crippen molar-refractivity contribution in [3.05, 3.63) is 101 Å². The van der Waals surface area contributed by atoms with Gasteiger partial charge in [0.1, 0.15) is 0 Å². The molecule has 0 bridgehead atoms. The number of nitrogens with one attached hydrogen (secondary N) is 2. The molecule has 32 heavy (non-hydrogen) atoms. The number of hydrogen-bond acceptors (Lipinski definition) is 4. The van der Waals surface area contributed by atoms with Crippen molar-refractivity contribution in [2.24, 2.45) is 0 Å². The summed E-state index contributed by atoms with van der Waals surface area (Å²) in [7, 11) is -2.32. The van der Waals surface area contributed by atoms with Crippen LogP contribution in [-0.4, -0.2) is 34.6 Å². The predicted octanol–water partition coefficient (Wildman–Crippen LogP) is 3.98. The number of methoxy groups -OCH3 is 1. The average Bonchev–Trinajstić information content (AvgIpc) is 2.80. The van der Waals surface area contributed by atoms with Crippen LogP contribution in [0.4, 0.5) is 0 Å². The Hall–Kier alpha value is -2.71. The summed E-state index contributed by atoms with van der Waals surface area (Å²) in [4.78, 5) is 13.1. The first-order valence-electron chi connectivity index (χ1n) is 10.1. The molecule has 0 unspecified atom stereocenters. The van der Waals surface area contributed by atoms with Gasteiger partial charge in [-0.15, -0.1) is 0 Å². The number of halogens is 1. The van der Waals surface area contributed by atoms with Crippen molar-refractivity contribution in [1.29, 1.82) is 0 Å². The Kier molecular flexibility index (Phi) is 8.41. The minimum atomic E-state index is -3.80. The Morgan fingerprint density at radius 1 is 1.00 bits per heavy atom. The zero-order valence-electron chi connectivity index (χ0n) is 17.6. The molecule has 8 heteroatoms. The van der Waals surface area contributed by atoms with E-state index in [1.165, 1.54) is 25.3 Å². The number of sulfonamides is 1. The zero-order valence-corrected chi connectivity index (χ0v) is 19.2. The number of hydrogen-bond donors (Lipinski definition) is 2. The van der Waals surface area contributed by atoms with Crippen LogP contribution in [-0.2, 0) is 21.2 Å². The van der Waals surface area contributed by atoms with E-state index in [0.29, 0.717) is 6.42 Å². The van der Waals surface area contributed by atoms with Crippen molar-refractivity contribution < 1.29 is 17.9 Å². The van der Waals surface area contributed by atoms with Crippen molar-refractivity contribution in [3.63, 3.8) is 0 Å². The molecule has 3 aromatic rings. The highest BCUT2D eigenvalue weighted by Gasteiger charge is 2.21. The SMILES string of the molecule is COCCNS(=O)(=O)c1ccc(Cl)c(C(=O)N[C@H](Cc2ccccc2)c2ccccc2)c1. The first-order valence-corrected chi connectivity index (χ1v) is 11.9. The number of rotatable bonds is 10. The van der Waals surface area contributed by atoms with E-state index in [-0.39, 0.29) is 34.7 Å². The quantitative estimate of drug-likeness (QED) is 0.437. The molecule has 0 saturated carbocycles. The van der Waals surface area contributed by atoms with Gasteiger partial charge in [0.05, 0.1) is 28.1 Å². The standard InChI is InChI=1S/C24H25ClN2O4S/c1-31-15-14-26-32(29,30)20-12-13-22(25)21(17-20)24(28)27-23(19-10-6-3-7-11-19)16-18-8-4-2-5-9-18/h2-13,17,23,26H,14-16H2,1H3,(H,27,28)/t23-/m1/s1. The van der Waals surface area contributed by atoms with Crippen molar-refractivity contribution in [3.8, 4) is 0 Å². The number of carbonyl (C=O) groups is 1. The summed E-state index contributed by atoms with van der Waals surface area (Å²) in [6, 6.07) is 23.2. The molecule has 0 saturated heterocycles. The number of amides is 1. The van der Waals surface area contributed by atoms with Crippen LogP contribution in [0.15, 0.2) is 83.8 Å². The fraction of sp³-hybridized carbons (Fsp3) is 0.208. The van der Waals surface area contributed by atoms with E-state index in [0.717, 1.165) is 11.1 Å². The van der Waals surface area contributed by atoms with Gasteiger partial charge in [0.15, 0.2) is 0 Å². The second-order valence-corrected chi connectivity index (χ2v) is 9.33. The second kappa shape index (κ2) is 11.2. The maximum Gasteiger partial charge on any atom is 0.253 e. The summed E-state index contributed by atoms with van der Waals surface area (Å²) < 4.78 is 32.4. The molecule has 3 aromatic carbocycles. The maximum atomic E-state index is 13.1. The molecule has 1 atom stereocenters. The van der Waals surface area contributed by atoms with Crippen LogP contribution in [0.3, 0.4) is 0 Å². The number of benzene rings is 3. The van der Waals surface area contributed by atoms with Crippen LogP contribution in [0, 0.1) is 0 Å². The molecule has 6 nitrogen and oxygen atoms in total. The lowest BCUT2D eigenvalue weighted by Crippen LogP contribution is -2.31. The van der Waals surface area contributed by atoms with Gasteiger partial charge in [-0.3, -0.25) is 4.79 Å². The highest BCUT2D eigenvalue weighted by molar-refractivity contribution is 7.89. The van der Waals surface area contributed by atoms with Crippen LogP contribution in [0.1, 0.15) is 27.5 Å². The third-order valence-corrected chi connectivity index (χ3v) is 6.67. The minimum Gasteiger partial charge on any atom is -0.383 e. The van der Waals surface area contributed by atoms with E-state index >= 15 is 0 Å². The molecule has 168 valence electrons. The lowest BCUT2D eigenvalue weighted by atomic mass is 9.98. The summed E-state index contributed by atoms with van der Waals surface area (Å²) in [6.07, 6.45) is 0.574. The largest absolute Gasteiger partial charge is 0.383 e. The Morgan fingerprint density at radius 3 is 2.31 bits per heavy atom. The molecule has 0 aliphatic heterocycles. The van der Waals surface area contributed by atoms with Crippen LogP contribution in [0.5, 0.6) is 0 Å². The molecular weight excluding hydrogens is 448 g/mol. The monoisotopic (exact) mass is 472 g/mol. The van der Waals surface area contributed by atoms with Crippen LogP contribution in [0.25, 0.3) is 0 Å². The van der Waals surface area contributed by atoms with E-state index < -0.39 is 15.9 Å². The van der Waals surface area contributed by atoms with Gasteiger partial charge in [-0.05, 0) is 35.7 Å². The molecule has 0 aliphatic rings. The van der Waals surface area contributed by atoms with Crippen molar-refractivity contribution in [2.45, 2.75) is 17.4 Å². The molecule has 0 heterocycles. The molecular formula is C24H25ClN2O4S. The van der Waals surface area contributed by atoms with Crippen LogP contribution < -0.4 is 10.0 Å². The van der Waals surface area contributed by atoms with Gasteiger partial charge in [0, 0.05) is 13.7 Å². The molecule has 0 aromatic heterocycles. The molecule has 0 fully saturated rings. The van der Waals surface area contributed by atoms with E-state index in [4.69, 9.17) is 16.3 Å². The Bertz CT molecular complexity index is 1140. The van der Waals surface area contributed by atoms with E-state index in [1.807, 2.05) is 60.7 Å². The number of carbonyl (C=O) groups excluding carboxylic acids is 1. The van der Waals surface area contributed by atoms with Gasteiger partial charge < -0.3 is 10.1 Å². The van der Waals surface area contributed by atoms with E-state index in [2.05, 4.69) is 10.0 Å². The summed E-state index contributed by atoms with van der Waals surface area (Å²) in [6.45, 7) is 0.356. The van der Waals surface area contributed by atoms with Gasteiger partial charge in [0.2, 0.25) is 10.0 Å². The molecule has 2 N–H and O–H groups in total. The molecule has 1 amide bonds. The van der Waals surface area contributed by atoms with Gasteiger partial charge in [-0.2, -0.15) is 0 Å². The molecule has 3 rings (SSSR count). The first-order chi connectivity index (χ1) is 15.4. The third kappa shape index (κ3) is 6.40. The maximum absolute atomic E-state index is 13.1. The summed E-state index contributed by atoms with van der Waals surface area (Å²) >= 11 is 6.26. The summed E-state index contributed by atoms with van der Waals surface area (Å²) in [5, 5.41) is 3.18. The zero-order chi connectivity index (χ0) is 23.0. The van der Waals surface area contributed by atoms with E-state index in [1.54, 1.807) is 0 Å². The summed E-state index contributed by atoms with van der Waals surface area (Å²) in [5.74, 6) is -0.450. The van der Waals surface area contributed by atoms with Crippen molar-refractivity contribution in [1.82, 2.24) is 10.0 Å². The van der Waals surface area contributed by atoms with E-state index in [9.17, 15) is 13.2 Å². The van der Waals surface area contributed by atoms with Crippen LogP contribution in [0.2, 0.25) is 5.02 Å². The van der Waals surface area contributed by atoms with Gasteiger partial charge >= 0.3 is 0 Å². The minimum absolute atomic E-state index is 0.0394. The fourth-order valence-corrected chi connectivity index (χ4v) is 4.47. The lowest BCUT2D eigenvalue weighted by molar-refractivity contribution is 0.0936. The van der Waals surface area contributed by atoms with Gasteiger partial charge in [0.25, 0.3) is 5.91 Å². The topological polar surface area (TPSA) is 84.5 Å². The Morgan fingerprint density at radius 2 is 1.66 bits per heavy atom.